The Bertz CT molecular complexity index is 1640. The summed E-state index contributed by atoms with van der Waals surface area (Å²) in [6.45, 7) is 1.85. The predicted octanol–water partition coefficient (Wildman–Crippen LogP) is 1.52. The fourth-order valence-electron chi connectivity index (χ4n) is 4.83. The molecule has 2 N–H and O–H groups in total. The lowest BCUT2D eigenvalue weighted by Gasteiger charge is -2.34. The lowest BCUT2D eigenvalue weighted by atomic mass is 10.1. The number of aromatic nitrogens is 4. The molecule has 1 aliphatic rings. The highest BCUT2D eigenvalue weighted by molar-refractivity contribution is 5.85. The number of carbonyl (C=O) groups excluding carboxylic acids is 1. The maximum absolute atomic E-state index is 13.2. The Labute approximate surface area is 227 Å². The van der Waals surface area contributed by atoms with Gasteiger partial charge in [0.05, 0.1) is 40.7 Å². The van der Waals surface area contributed by atoms with E-state index in [0.717, 1.165) is 0 Å². The minimum atomic E-state index is -2.69. The number of hydrogen-bond acceptors (Lipinski definition) is 8. The van der Waals surface area contributed by atoms with Crippen LogP contribution in [0.3, 0.4) is 0 Å². The Morgan fingerprint density at radius 3 is 2.62 bits per heavy atom. The lowest BCUT2D eigenvalue weighted by molar-refractivity contribution is -0.133. The molecular weight excluding hydrogens is 524 g/mol. The van der Waals surface area contributed by atoms with E-state index >= 15 is 0 Å². The number of alkyl halides is 2. The monoisotopic (exact) mass is 551 g/mol. The number of nitrogens with zero attached hydrogens (tertiary/aromatic N) is 6. The second-order valence-electron chi connectivity index (χ2n) is 9.44. The van der Waals surface area contributed by atoms with E-state index < -0.39 is 13.0 Å². The first-order valence-electron chi connectivity index (χ1n) is 12.8. The Hall–Kier alpha value is -4.41. The fraction of sp³-hybridized carbons (Fsp3) is 0.370. The van der Waals surface area contributed by atoms with E-state index in [0.29, 0.717) is 66.0 Å². The molecule has 0 radical (unpaired) electrons. The van der Waals surface area contributed by atoms with Gasteiger partial charge in [0, 0.05) is 44.2 Å². The van der Waals surface area contributed by atoms with Gasteiger partial charge in [0.25, 0.3) is 12.0 Å². The summed E-state index contributed by atoms with van der Waals surface area (Å²) in [5, 5.41) is 24.1. The number of carbonyl (C=O) groups is 1. The van der Waals surface area contributed by atoms with Gasteiger partial charge < -0.3 is 19.7 Å². The number of rotatable bonds is 9. The summed E-state index contributed by atoms with van der Waals surface area (Å²) in [6, 6.07) is 11.9. The fourth-order valence-corrected chi connectivity index (χ4v) is 4.83. The number of benzene rings is 2. The van der Waals surface area contributed by atoms with E-state index in [1.54, 1.807) is 29.2 Å². The number of aromatic amines is 1. The molecule has 0 spiro atoms. The Morgan fingerprint density at radius 1 is 1.18 bits per heavy atom. The lowest BCUT2D eigenvalue weighted by Crippen LogP contribution is -2.50. The number of halogens is 2. The molecule has 1 aliphatic heterocycles. The van der Waals surface area contributed by atoms with Crippen LogP contribution in [0.1, 0.15) is 17.1 Å². The van der Waals surface area contributed by atoms with Crippen LogP contribution in [0.2, 0.25) is 0 Å². The van der Waals surface area contributed by atoms with E-state index in [2.05, 4.69) is 20.0 Å². The number of nitriles is 1. The molecule has 3 heterocycles. The highest BCUT2D eigenvalue weighted by atomic mass is 19.3. The van der Waals surface area contributed by atoms with E-state index in [1.165, 1.54) is 16.8 Å². The normalized spacial score (nSPS) is 14.2. The van der Waals surface area contributed by atoms with Crippen molar-refractivity contribution < 1.29 is 23.4 Å². The van der Waals surface area contributed by atoms with Crippen LogP contribution in [0.25, 0.3) is 21.8 Å². The molecule has 208 valence electrons. The third kappa shape index (κ3) is 5.78. The van der Waals surface area contributed by atoms with Gasteiger partial charge in [-0.25, -0.2) is 18.4 Å². The molecule has 2 aromatic heterocycles. The first kappa shape index (κ1) is 27.2. The van der Waals surface area contributed by atoms with E-state index in [4.69, 9.17) is 9.84 Å². The molecule has 0 aliphatic carbocycles. The van der Waals surface area contributed by atoms with Crippen molar-refractivity contribution in [2.24, 2.45) is 0 Å². The van der Waals surface area contributed by atoms with Crippen molar-refractivity contribution in [3.63, 3.8) is 0 Å². The van der Waals surface area contributed by atoms with E-state index in [-0.39, 0.29) is 42.4 Å². The number of fused-ring (bicyclic) bond motifs is 2. The Kier molecular flexibility index (Phi) is 7.99. The Balaban J connectivity index is 1.42. The number of H-pyrrole nitrogens is 1. The average Bonchev–Trinajstić information content (AvgIpc) is 3.35. The zero-order valence-corrected chi connectivity index (χ0v) is 21.5. The number of aliphatic hydroxyl groups is 1. The van der Waals surface area contributed by atoms with Crippen LogP contribution >= 0.6 is 0 Å². The van der Waals surface area contributed by atoms with Gasteiger partial charge >= 0.3 is 0 Å². The van der Waals surface area contributed by atoms with Crippen molar-refractivity contribution in [2.75, 3.05) is 45.9 Å². The average molecular weight is 552 g/mol. The second-order valence-corrected chi connectivity index (χ2v) is 9.44. The number of aliphatic hydroxyl groups excluding tert-OH is 1. The van der Waals surface area contributed by atoms with Crippen molar-refractivity contribution in [3.8, 4) is 11.8 Å². The standard InChI is InChI=1S/C27H27F2N7O4/c28-24(29)16-40-23-12-22-21(11-17(23)14-30)31-25(32-22)13-20-18-3-1-2-4-19(18)27(39)36(33-20)15-26(38)35-7-5-34(6-8-35)9-10-37/h1-4,11-12,24,37H,5-10,13,15-16H2,(H,31,32). The number of amides is 1. The smallest absolute Gasteiger partial charge is 0.275 e. The van der Waals surface area contributed by atoms with Crippen molar-refractivity contribution >= 4 is 27.7 Å². The molecule has 0 atom stereocenters. The van der Waals surface area contributed by atoms with Crippen molar-refractivity contribution in [1.82, 2.24) is 29.5 Å². The van der Waals surface area contributed by atoms with E-state index in [1.807, 2.05) is 6.07 Å². The summed E-state index contributed by atoms with van der Waals surface area (Å²) in [6.07, 6.45) is -2.51. The maximum Gasteiger partial charge on any atom is 0.275 e. The summed E-state index contributed by atoms with van der Waals surface area (Å²) in [5.74, 6) is 0.267. The van der Waals surface area contributed by atoms with Crippen molar-refractivity contribution in [3.05, 3.63) is 63.8 Å². The summed E-state index contributed by atoms with van der Waals surface area (Å²) in [4.78, 5) is 37.7. The molecule has 1 fully saturated rings. The van der Waals surface area contributed by atoms with Gasteiger partial charge in [0.15, 0.2) is 0 Å². The van der Waals surface area contributed by atoms with Crippen LogP contribution in [0.5, 0.6) is 5.75 Å². The third-order valence-corrected chi connectivity index (χ3v) is 6.82. The number of imidazole rings is 1. The number of piperazine rings is 1. The summed E-state index contributed by atoms with van der Waals surface area (Å²) >= 11 is 0. The van der Waals surface area contributed by atoms with Crippen LogP contribution in [0.4, 0.5) is 8.78 Å². The number of β-amino-alcohol motifs (C(OH)–C–C–N with tert-alkyl or cyclic N) is 1. The SMILES string of the molecule is N#Cc1cc2[nH]c(Cc3nn(CC(=O)N4CCN(CCO)CC4)c(=O)c4ccccc34)nc2cc1OCC(F)F. The number of nitrogens with one attached hydrogen (secondary N) is 1. The van der Waals surface area contributed by atoms with Gasteiger partial charge in [-0.3, -0.25) is 14.5 Å². The van der Waals surface area contributed by atoms with Crippen LogP contribution in [0, 0.1) is 11.3 Å². The van der Waals surface area contributed by atoms with Crippen molar-refractivity contribution in [2.45, 2.75) is 19.4 Å². The van der Waals surface area contributed by atoms with Crippen LogP contribution < -0.4 is 10.3 Å². The van der Waals surface area contributed by atoms with Gasteiger partial charge in [-0.05, 0) is 12.1 Å². The molecule has 13 heteroatoms. The van der Waals surface area contributed by atoms with Gasteiger partial charge in [0.2, 0.25) is 5.91 Å². The molecule has 1 amide bonds. The topological polar surface area (TPSA) is 140 Å². The summed E-state index contributed by atoms with van der Waals surface area (Å²) in [5.41, 5.74) is 1.17. The van der Waals surface area contributed by atoms with Crippen LogP contribution in [-0.2, 0) is 17.8 Å². The summed E-state index contributed by atoms with van der Waals surface area (Å²) in [7, 11) is 0. The molecule has 0 bridgehead atoms. The Morgan fingerprint density at radius 2 is 1.93 bits per heavy atom. The maximum atomic E-state index is 13.2. The predicted molar refractivity (Wildman–Crippen MR) is 141 cm³/mol. The second kappa shape index (κ2) is 11.8. The van der Waals surface area contributed by atoms with Gasteiger partial charge in [0.1, 0.15) is 30.8 Å². The zero-order valence-electron chi connectivity index (χ0n) is 21.5. The highest BCUT2D eigenvalue weighted by Crippen LogP contribution is 2.26. The molecule has 5 rings (SSSR count). The van der Waals surface area contributed by atoms with Crippen LogP contribution in [0.15, 0.2) is 41.2 Å². The number of ether oxygens (including phenoxy) is 1. The van der Waals surface area contributed by atoms with Crippen LogP contribution in [-0.4, -0.2) is 92.9 Å². The quantitative estimate of drug-likeness (QED) is 0.319. The van der Waals surface area contributed by atoms with Gasteiger partial charge in [-0.15, -0.1) is 0 Å². The van der Waals surface area contributed by atoms with Crippen molar-refractivity contribution in [1.29, 1.82) is 5.26 Å². The number of hydrogen-bond donors (Lipinski definition) is 2. The van der Waals surface area contributed by atoms with E-state index in [9.17, 15) is 23.6 Å². The molecule has 0 unspecified atom stereocenters. The molecular formula is C27H27F2N7O4. The minimum absolute atomic E-state index is 0.0150. The molecule has 11 nitrogen and oxygen atoms in total. The minimum Gasteiger partial charge on any atom is -0.486 e. The van der Waals surface area contributed by atoms with Gasteiger partial charge in [-0.2, -0.15) is 10.4 Å². The summed E-state index contributed by atoms with van der Waals surface area (Å²) < 4.78 is 31.5. The zero-order chi connectivity index (χ0) is 28.2. The molecule has 2 aromatic carbocycles. The van der Waals surface area contributed by atoms with Gasteiger partial charge in [-0.1, -0.05) is 18.2 Å². The molecule has 4 aromatic rings. The first-order chi connectivity index (χ1) is 19.4. The molecule has 0 saturated carbocycles. The molecule has 1 saturated heterocycles. The third-order valence-electron chi connectivity index (χ3n) is 6.82. The largest absolute Gasteiger partial charge is 0.486 e. The first-order valence-corrected chi connectivity index (χ1v) is 12.8. The molecule has 40 heavy (non-hydrogen) atoms. The highest BCUT2D eigenvalue weighted by Gasteiger charge is 2.23.